The minimum Gasteiger partial charge on any atom is -0.493 e. The van der Waals surface area contributed by atoms with E-state index < -0.39 is 17.8 Å². The number of guanidine groups is 1. The fourth-order valence-corrected chi connectivity index (χ4v) is 2.96. The third-order valence-corrected chi connectivity index (χ3v) is 4.60. The zero-order chi connectivity index (χ0) is 23.0. The normalized spacial score (nSPS) is 12.6. The SMILES string of the molecule is CCNC(=NCC(O)c1ccc(OC)c(OC)c1)N(C)Cc1ccc(C(F)(F)F)cc1.I. The quantitative estimate of drug-likeness (QED) is 0.280. The van der Waals surface area contributed by atoms with Crippen molar-refractivity contribution in [3.8, 4) is 11.5 Å². The summed E-state index contributed by atoms with van der Waals surface area (Å²) in [6.07, 6.45) is -5.23. The summed E-state index contributed by atoms with van der Waals surface area (Å²) in [4.78, 5) is 6.26. The van der Waals surface area contributed by atoms with Crippen LogP contribution in [0.5, 0.6) is 11.5 Å². The van der Waals surface area contributed by atoms with Crippen LogP contribution in [0.4, 0.5) is 13.2 Å². The Balaban J connectivity index is 0.00000512. The molecule has 0 saturated heterocycles. The predicted molar refractivity (Wildman–Crippen MR) is 129 cm³/mol. The van der Waals surface area contributed by atoms with Gasteiger partial charge in [0, 0.05) is 20.1 Å². The van der Waals surface area contributed by atoms with Crippen LogP contribution in [0.3, 0.4) is 0 Å². The van der Waals surface area contributed by atoms with Gasteiger partial charge >= 0.3 is 6.18 Å². The highest BCUT2D eigenvalue weighted by Crippen LogP contribution is 2.30. The van der Waals surface area contributed by atoms with Crippen molar-refractivity contribution in [1.82, 2.24) is 10.2 Å². The lowest BCUT2D eigenvalue weighted by atomic mass is 10.1. The summed E-state index contributed by atoms with van der Waals surface area (Å²) in [5.74, 6) is 1.60. The average Bonchev–Trinajstić information content (AvgIpc) is 2.75. The third kappa shape index (κ3) is 7.73. The molecule has 0 radical (unpaired) electrons. The van der Waals surface area contributed by atoms with Crippen molar-refractivity contribution < 1.29 is 27.8 Å². The number of halogens is 4. The molecule has 32 heavy (non-hydrogen) atoms. The molecule has 2 aromatic rings. The second-order valence-corrected chi connectivity index (χ2v) is 6.88. The minimum absolute atomic E-state index is 0. The summed E-state index contributed by atoms with van der Waals surface area (Å²) < 4.78 is 48.7. The molecule has 2 rings (SSSR count). The monoisotopic (exact) mass is 567 g/mol. The van der Waals surface area contributed by atoms with E-state index in [1.165, 1.54) is 26.4 Å². The van der Waals surface area contributed by atoms with Gasteiger partial charge in [0.05, 0.1) is 32.4 Å². The minimum atomic E-state index is -4.36. The molecule has 2 aromatic carbocycles. The summed E-state index contributed by atoms with van der Waals surface area (Å²) in [6.45, 7) is 2.96. The van der Waals surface area contributed by atoms with Gasteiger partial charge in [0.1, 0.15) is 0 Å². The lowest BCUT2D eigenvalue weighted by Crippen LogP contribution is -2.38. The number of nitrogens with one attached hydrogen (secondary N) is 1. The first-order valence-corrected chi connectivity index (χ1v) is 9.75. The number of rotatable bonds is 8. The molecule has 0 bridgehead atoms. The first kappa shape index (κ1) is 27.8. The summed E-state index contributed by atoms with van der Waals surface area (Å²) in [5, 5.41) is 13.7. The van der Waals surface area contributed by atoms with Gasteiger partial charge in [-0.3, -0.25) is 4.99 Å². The Labute approximate surface area is 203 Å². The van der Waals surface area contributed by atoms with Gasteiger partial charge in [0.2, 0.25) is 0 Å². The molecule has 0 aromatic heterocycles. The second-order valence-electron chi connectivity index (χ2n) is 6.88. The van der Waals surface area contributed by atoms with Crippen molar-refractivity contribution in [2.24, 2.45) is 4.99 Å². The fraction of sp³-hybridized carbons (Fsp3) is 0.409. The van der Waals surface area contributed by atoms with Gasteiger partial charge in [0.15, 0.2) is 17.5 Å². The summed E-state index contributed by atoms with van der Waals surface area (Å²) in [6, 6.07) is 10.2. The number of hydrogen-bond donors (Lipinski definition) is 2. The molecule has 6 nitrogen and oxygen atoms in total. The van der Waals surface area contributed by atoms with Gasteiger partial charge in [-0.25, -0.2) is 0 Å². The second kappa shape index (κ2) is 12.7. The molecular formula is C22H29F3IN3O3. The molecule has 0 amide bonds. The van der Waals surface area contributed by atoms with Crippen molar-refractivity contribution in [2.75, 3.05) is 34.4 Å². The summed E-state index contributed by atoms with van der Waals surface area (Å²) in [7, 11) is 4.83. The van der Waals surface area contributed by atoms with E-state index in [0.29, 0.717) is 41.7 Å². The van der Waals surface area contributed by atoms with Crippen molar-refractivity contribution in [2.45, 2.75) is 25.7 Å². The standard InChI is InChI=1S/C22H28F3N3O3.HI/c1-5-26-21(28(2)14-15-6-9-17(10-7-15)22(23,24)25)27-13-18(29)16-8-11-19(30-3)20(12-16)31-4;/h6-12,18,29H,5,13-14H2,1-4H3,(H,26,27);1H. The van der Waals surface area contributed by atoms with Crippen LogP contribution in [0.15, 0.2) is 47.5 Å². The first-order valence-electron chi connectivity index (χ1n) is 9.75. The van der Waals surface area contributed by atoms with E-state index in [4.69, 9.17) is 9.47 Å². The van der Waals surface area contributed by atoms with Crippen molar-refractivity contribution in [1.29, 1.82) is 0 Å². The highest BCUT2D eigenvalue weighted by molar-refractivity contribution is 14.0. The van der Waals surface area contributed by atoms with Crippen LogP contribution in [0, 0.1) is 0 Å². The molecule has 0 aliphatic carbocycles. The first-order chi connectivity index (χ1) is 14.7. The Kier molecular flexibility index (Phi) is 11.1. The number of aliphatic hydroxyl groups excluding tert-OH is 1. The average molecular weight is 567 g/mol. The van der Waals surface area contributed by atoms with Crippen LogP contribution in [-0.4, -0.2) is 50.3 Å². The highest BCUT2D eigenvalue weighted by Gasteiger charge is 2.30. The molecule has 0 heterocycles. The molecule has 0 saturated carbocycles. The topological polar surface area (TPSA) is 66.3 Å². The van der Waals surface area contributed by atoms with Gasteiger partial charge in [-0.1, -0.05) is 18.2 Å². The molecular weight excluding hydrogens is 538 g/mol. The maximum atomic E-state index is 12.7. The van der Waals surface area contributed by atoms with Gasteiger partial charge in [0.25, 0.3) is 0 Å². The number of methoxy groups -OCH3 is 2. The maximum Gasteiger partial charge on any atom is 0.416 e. The van der Waals surface area contributed by atoms with E-state index in [1.54, 1.807) is 30.1 Å². The number of benzene rings is 2. The molecule has 1 atom stereocenters. The van der Waals surface area contributed by atoms with E-state index in [-0.39, 0.29) is 30.5 Å². The number of alkyl halides is 3. The highest BCUT2D eigenvalue weighted by atomic mass is 127. The zero-order valence-corrected chi connectivity index (χ0v) is 20.8. The fourth-order valence-electron chi connectivity index (χ4n) is 2.96. The largest absolute Gasteiger partial charge is 0.493 e. The van der Waals surface area contributed by atoms with Crippen molar-refractivity contribution in [3.05, 3.63) is 59.2 Å². The Morgan fingerprint density at radius 2 is 1.72 bits per heavy atom. The van der Waals surface area contributed by atoms with Crippen LogP contribution < -0.4 is 14.8 Å². The van der Waals surface area contributed by atoms with E-state index in [2.05, 4.69) is 10.3 Å². The maximum absolute atomic E-state index is 12.7. The molecule has 0 aliphatic rings. The van der Waals surface area contributed by atoms with Gasteiger partial charge in [-0.05, 0) is 42.3 Å². The summed E-state index contributed by atoms with van der Waals surface area (Å²) in [5.41, 5.74) is 0.654. The van der Waals surface area contributed by atoms with E-state index in [1.807, 2.05) is 6.92 Å². The smallest absolute Gasteiger partial charge is 0.416 e. The molecule has 0 spiro atoms. The number of ether oxygens (including phenoxy) is 2. The zero-order valence-electron chi connectivity index (χ0n) is 18.4. The Morgan fingerprint density at radius 3 is 2.25 bits per heavy atom. The molecule has 0 aliphatic heterocycles. The molecule has 1 unspecified atom stereocenters. The van der Waals surface area contributed by atoms with Crippen LogP contribution in [0.1, 0.15) is 29.7 Å². The van der Waals surface area contributed by atoms with Crippen LogP contribution in [0.25, 0.3) is 0 Å². The van der Waals surface area contributed by atoms with Gasteiger partial charge in [-0.2, -0.15) is 13.2 Å². The Morgan fingerprint density at radius 1 is 1.09 bits per heavy atom. The number of nitrogens with zero attached hydrogens (tertiary/aromatic N) is 2. The lowest BCUT2D eigenvalue weighted by Gasteiger charge is -2.23. The molecule has 178 valence electrons. The van der Waals surface area contributed by atoms with Gasteiger partial charge in [-0.15, -0.1) is 24.0 Å². The summed E-state index contributed by atoms with van der Waals surface area (Å²) >= 11 is 0. The van der Waals surface area contributed by atoms with Crippen LogP contribution in [0.2, 0.25) is 0 Å². The van der Waals surface area contributed by atoms with E-state index in [0.717, 1.165) is 12.1 Å². The van der Waals surface area contributed by atoms with Crippen LogP contribution in [-0.2, 0) is 12.7 Å². The van der Waals surface area contributed by atoms with E-state index in [9.17, 15) is 18.3 Å². The third-order valence-electron chi connectivity index (χ3n) is 4.60. The Bertz CT molecular complexity index is 877. The molecule has 0 fully saturated rings. The molecule has 2 N–H and O–H groups in total. The predicted octanol–water partition coefficient (Wildman–Crippen LogP) is 4.47. The van der Waals surface area contributed by atoms with Crippen molar-refractivity contribution >= 4 is 29.9 Å². The number of aliphatic imine (C=N–C) groups is 1. The number of aliphatic hydroxyl groups is 1. The molecule has 10 heteroatoms. The van der Waals surface area contributed by atoms with E-state index >= 15 is 0 Å². The lowest BCUT2D eigenvalue weighted by molar-refractivity contribution is -0.137. The number of hydrogen-bond acceptors (Lipinski definition) is 4. The van der Waals surface area contributed by atoms with Crippen LogP contribution >= 0.6 is 24.0 Å². The Hall–Kier alpha value is -2.21. The van der Waals surface area contributed by atoms with Crippen molar-refractivity contribution in [3.63, 3.8) is 0 Å². The van der Waals surface area contributed by atoms with Gasteiger partial charge < -0.3 is 24.8 Å².